The molecule has 0 aliphatic rings. The molecule has 0 atom stereocenters. The summed E-state index contributed by atoms with van der Waals surface area (Å²) >= 11 is 8.12. The van der Waals surface area contributed by atoms with Gasteiger partial charge in [-0.15, -0.1) is 11.3 Å². The third-order valence-corrected chi connectivity index (χ3v) is 7.12. The van der Waals surface area contributed by atoms with E-state index in [4.69, 9.17) is 5.73 Å². The van der Waals surface area contributed by atoms with Gasteiger partial charge in [0.05, 0.1) is 4.90 Å². The van der Waals surface area contributed by atoms with Gasteiger partial charge in [-0.1, -0.05) is 0 Å². The molecule has 2 rings (SSSR count). The summed E-state index contributed by atoms with van der Waals surface area (Å²) in [5.74, 6) is 0. The van der Waals surface area contributed by atoms with Crippen LogP contribution >= 0.6 is 43.2 Å². The zero-order valence-corrected chi connectivity index (χ0v) is 15.3. The molecule has 0 spiro atoms. The summed E-state index contributed by atoms with van der Waals surface area (Å²) in [6.07, 6.45) is 0. The van der Waals surface area contributed by atoms with E-state index in [2.05, 4.69) is 31.9 Å². The van der Waals surface area contributed by atoms with E-state index in [9.17, 15) is 8.42 Å². The van der Waals surface area contributed by atoms with Gasteiger partial charge >= 0.3 is 0 Å². The highest BCUT2D eigenvalue weighted by Gasteiger charge is 2.24. The van der Waals surface area contributed by atoms with E-state index < -0.39 is 10.0 Å². The van der Waals surface area contributed by atoms with Crippen molar-refractivity contribution in [3.05, 3.63) is 43.5 Å². The predicted molar refractivity (Wildman–Crippen MR) is 89.2 cm³/mol. The summed E-state index contributed by atoms with van der Waals surface area (Å²) in [5, 5.41) is 1.92. The second kappa shape index (κ2) is 6.15. The number of halogens is 2. The summed E-state index contributed by atoms with van der Waals surface area (Å²) in [5.41, 5.74) is 6.09. The van der Waals surface area contributed by atoms with Crippen molar-refractivity contribution in [2.45, 2.75) is 11.4 Å². The average molecular weight is 440 g/mol. The minimum Gasteiger partial charge on any atom is -0.399 e. The van der Waals surface area contributed by atoms with Crippen LogP contribution in [-0.2, 0) is 16.6 Å². The Bertz CT molecular complexity index is 729. The van der Waals surface area contributed by atoms with Crippen molar-refractivity contribution < 1.29 is 8.42 Å². The van der Waals surface area contributed by atoms with Gasteiger partial charge in [-0.05, 0) is 56.1 Å². The second-order valence-electron chi connectivity index (χ2n) is 4.18. The third-order valence-electron chi connectivity index (χ3n) is 2.64. The highest BCUT2D eigenvalue weighted by molar-refractivity contribution is 9.10. The van der Waals surface area contributed by atoms with Crippen LogP contribution in [0.1, 0.15) is 4.88 Å². The van der Waals surface area contributed by atoms with Crippen molar-refractivity contribution in [1.82, 2.24) is 4.31 Å². The second-order valence-corrected chi connectivity index (χ2v) is 8.96. The summed E-state index contributed by atoms with van der Waals surface area (Å²) in [6.45, 7) is 0.319. The Balaban J connectivity index is 2.32. The molecule has 1 aromatic heterocycles. The van der Waals surface area contributed by atoms with Crippen LogP contribution in [0.2, 0.25) is 0 Å². The SMILES string of the molecule is CN(Cc1cc(Br)cs1)S(=O)(=O)c1cc(N)ccc1Br. The van der Waals surface area contributed by atoms with E-state index in [0.29, 0.717) is 16.7 Å². The van der Waals surface area contributed by atoms with Crippen LogP contribution in [0.4, 0.5) is 5.69 Å². The molecule has 1 heterocycles. The average Bonchev–Trinajstić information content (AvgIpc) is 2.77. The Morgan fingerprint density at radius 2 is 2.00 bits per heavy atom. The number of hydrogen-bond acceptors (Lipinski definition) is 4. The lowest BCUT2D eigenvalue weighted by Gasteiger charge is -2.17. The van der Waals surface area contributed by atoms with Gasteiger partial charge in [0.25, 0.3) is 0 Å². The number of nitrogens with zero attached hydrogens (tertiary/aromatic N) is 1. The molecule has 8 heteroatoms. The highest BCUT2D eigenvalue weighted by atomic mass is 79.9. The first-order chi connectivity index (χ1) is 9.30. The molecule has 0 radical (unpaired) electrons. The molecule has 0 bridgehead atoms. The zero-order chi connectivity index (χ0) is 14.9. The Hall–Kier alpha value is -0.410. The first kappa shape index (κ1) is 16.0. The Morgan fingerprint density at radius 3 is 2.60 bits per heavy atom. The normalized spacial score (nSPS) is 12.0. The molecule has 1 aromatic carbocycles. The molecule has 2 aromatic rings. The fraction of sp³-hybridized carbons (Fsp3) is 0.167. The summed E-state index contributed by atoms with van der Waals surface area (Å²) in [6, 6.07) is 6.66. The first-order valence-corrected chi connectivity index (χ1v) is 9.45. The smallest absolute Gasteiger partial charge is 0.244 e. The minimum atomic E-state index is -3.58. The largest absolute Gasteiger partial charge is 0.399 e. The zero-order valence-electron chi connectivity index (χ0n) is 10.5. The predicted octanol–water partition coefficient (Wildman–Crippen LogP) is 3.68. The van der Waals surface area contributed by atoms with Gasteiger partial charge in [0.2, 0.25) is 10.0 Å². The van der Waals surface area contributed by atoms with Crippen LogP contribution < -0.4 is 5.73 Å². The van der Waals surface area contributed by atoms with Gasteiger partial charge < -0.3 is 5.73 Å². The van der Waals surface area contributed by atoms with Crippen LogP contribution in [0.15, 0.2) is 43.5 Å². The molecule has 108 valence electrons. The summed E-state index contributed by atoms with van der Waals surface area (Å²) in [4.78, 5) is 1.14. The number of rotatable bonds is 4. The summed E-state index contributed by atoms with van der Waals surface area (Å²) in [7, 11) is -2.03. The molecule has 0 fully saturated rings. The molecule has 4 nitrogen and oxygen atoms in total. The topological polar surface area (TPSA) is 63.4 Å². The molecule has 0 saturated carbocycles. The maximum Gasteiger partial charge on any atom is 0.244 e. The monoisotopic (exact) mass is 438 g/mol. The van der Waals surface area contributed by atoms with Crippen LogP contribution in [-0.4, -0.2) is 19.8 Å². The number of hydrogen-bond donors (Lipinski definition) is 1. The number of thiophene rings is 1. The molecule has 0 amide bonds. The van der Waals surface area contributed by atoms with Crippen LogP contribution in [0.5, 0.6) is 0 Å². The highest BCUT2D eigenvalue weighted by Crippen LogP contribution is 2.28. The maximum atomic E-state index is 12.5. The first-order valence-electron chi connectivity index (χ1n) is 5.55. The summed E-state index contributed by atoms with van der Waals surface area (Å²) < 4.78 is 27.9. The molecule has 0 unspecified atom stereocenters. The van der Waals surface area contributed by atoms with E-state index in [1.807, 2.05) is 11.4 Å². The number of anilines is 1. The van der Waals surface area contributed by atoms with Gasteiger partial charge in [-0.2, -0.15) is 4.31 Å². The van der Waals surface area contributed by atoms with Crippen LogP contribution in [0.25, 0.3) is 0 Å². The maximum absolute atomic E-state index is 12.5. The number of nitrogens with two attached hydrogens (primary N) is 1. The third kappa shape index (κ3) is 3.43. The quantitative estimate of drug-likeness (QED) is 0.739. The molecular formula is C12H12Br2N2O2S2. The molecule has 0 saturated heterocycles. The van der Waals surface area contributed by atoms with Crippen molar-refractivity contribution in [3.8, 4) is 0 Å². The van der Waals surface area contributed by atoms with E-state index in [1.165, 1.54) is 21.7 Å². The van der Waals surface area contributed by atoms with Crippen molar-refractivity contribution >= 4 is 58.9 Å². The molecular weight excluding hydrogens is 428 g/mol. The molecule has 2 N–H and O–H groups in total. The van der Waals surface area contributed by atoms with Crippen molar-refractivity contribution in [2.24, 2.45) is 0 Å². The fourth-order valence-corrected chi connectivity index (χ4v) is 5.32. The Morgan fingerprint density at radius 1 is 1.30 bits per heavy atom. The van der Waals surface area contributed by atoms with Gasteiger partial charge in [-0.3, -0.25) is 0 Å². The number of sulfonamides is 1. The molecule has 0 aliphatic heterocycles. The van der Waals surface area contributed by atoms with Crippen molar-refractivity contribution in [3.63, 3.8) is 0 Å². The lowest BCUT2D eigenvalue weighted by molar-refractivity contribution is 0.469. The lowest BCUT2D eigenvalue weighted by Crippen LogP contribution is -2.26. The van der Waals surface area contributed by atoms with Gasteiger partial charge in [-0.25, -0.2) is 8.42 Å². The van der Waals surface area contributed by atoms with E-state index in [1.54, 1.807) is 19.2 Å². The Labute approximate surface area is 138 Å². The Kier molecular flexibility index (Phi) is 4.91. The van der Waals surface area contributed by atoms with E-state index >= 15 is 0 Å². The van der Waals surface area contributed by atoms with Crippen LogP contribution in [0.3, 0.4) is 0 Å². The van der Waals surface area contributed by atoms with E-state index in [0.717, 1.165) is 9.35 Å². The lowest BCUT2D eigenvalue weighted by atomic mass is 10.3. The van der Waals surface area contributed by atoms with Crippen LogP contribution in [0, 0.1) is 0 Å². The van der Waals surface area contributed by atoms with Gasteiger partial charge in [0, 0.05) is 38.5 Å². The standard InChI is InChI=1S/C12H12Br2N2O2S2/c1-16(6-10-4-8(13)7-19-10)20(17,18)12-5-9(15)2-3-11(12)14/h2-5,7H,6,15H2,1H3. The van der Waals surface area contributed by atoms with Gasteiger partial charge in [0.1, 0.15) is 0 Å². The number of nitrogen functional groups attached to an aromatic ring is 1. The van der Waals surface area contributed by atoms with Crippen molar-refractivity contribution in [1.29, 1.82) is 0 Å². The minimum absolute atomic E-state index is 0.177. The molecule has 20 heavy (non-hydrogen) atoms. The molecule has 0 aliphatic carbocycles. The fourth-order valence-electron chi connectivity index (χ4n) is 1.63. The van der Waals surface area contributed by atoms with Gasteiger partial charge in [0.15, 0.2) is 0 Å². The number of benzene rings is 1. The van der Waals surface area contributed by atoms with Crippen molar-refractivity contribution in [2.75, 3.05) is 12.8 Å². The van der Waals surface area contributed by atoms with E-state index in [-0.39, 0.29) is 4.90 Å².